The van der Waals surface area contributed by atoms with E-state index >= 15 is 0 Å². The van der Waals surface area contributed by atoms with Gasteiger partial charge in [-0.15, -0.1) is 0 Å². The molecule has 0 bridgehead atoms. The van der Waals surface area contributed by atoms with Gasteiger partial charge in [0.15, 0.2) is 0 Å². The highest BCUT2D eigenvalue weighted by Gasteiger charge is 2.15. The molecule has 170 valence electrons. The van der Waals surface area contributed by atoms with Crippen LogP contribution in [0.3, 0.4) is 0 Å². The van der Waals surface area contributed by atoms with Crippen LogP contribution < -0.4 is 10.0 Å². The number of sulfonamides is 1. The summed E-state index contributed by atoms with van der Waals surface area (Å²) in [6, 6.07) is 12.1. The van der Waals surface area contributed by atoms with Gasteiger partial charge in [0.2, 0.25) is 15.9 Å². The number of halogens is 1. The third kappa shape index (κ3) is 6.02. The van der Waals surface area contributed by atoms with Gasteiger partial charge in [0.05, 0.1) is 10.6 Å². The first kappa shape index (κ1) is 23.6. The molecule has 0 radical (unpaired) electrons. The van der Waals surface area contributed by atoms with Crippen molar-refractivity contribution >= 4 is 15.9 Å². The smallest absolute Gasteiger partial charge is 0.240 e. The quantitative estimate of drug-likeness (QED) is 0.516. The van der Waals surface area contributed by atoms with Crippen molar-refractivity contribution in [1.29, 1.82) is 0 Å². The number of nitrogens with one attached hydrogen (secondary N) is 2. The number of rotatable bonds is 9. The van der Waals surface area contributed by atoms with Crippen molar-refractivity contribution in [3.8, 4) is 0 Å². The maximum Gasteiger partial charge on any atom is 0.240 e. The number of benzene rings is 2. The molecule has 0 spiro atoms. The van der Waals surface area contributed by atoms with Gasteiger partial charge in [0.25, 0.3) is 0 Å². The van der Waals surface area contributed by atoms with Gasteiger partial charge in [-0.05, 0) is 61.2 Å². The standard InChI is InChI=1S/C23H27FN4O3S/c1-16-22(17(2)28(3)27-16)10-11-23(29)25-14-19-7-5-9-21(13-19)32(30,31)26-15-18-6-4-8-20(24)12-18/h4-9,12-13,26H,10-11,14-15H2,1-3H3,(H,25,29). The number of carbonyl (C=O) groups is 1. The number of amides is 1. The fourth-order valence-corrected chi connectivity index (χ4v) is 4.53. The third-order valence-corrected chi connectivity index (χ3v) is 6.71. The summed E-state index contributed by atoms with van der Waals surface area (Å²) >= 11 is 0. The van der Waals surface area contributed by atoms with E-state index in [1.54, 1.807) is 22.9 Å². The molecule has 1 aromatic heterocycles. The summed E-state index contributed by atoms with van der Waals surface area (Å²) in [6.45, 7) is 4.10. The summed E-state index contributed by atoms with van der Waals surface area (Å²) in [6.07, 6.45) is 0.913. The molecule has 3 rings (SSSR count). The number of hydrogen-bond acceptors (Lipinski definition) is 4. The molecule has 0 fully saturated rings. The molecule has 3 aromatic rings. The lowest BCUT2D eigenvalue weighted by Gasteiger charge is -2.10. The van der Waals surface area contributed by atoms with Crippen LogP contribution in [0.2, 0.25) is 0 Å². The highest BCUT2D eigenvalue weighted by molar-refractivity contribution is 7.89. The monoisotopic (exact) mass is 458 g/mol. The van der Waals surface area contributed by atoms with E-state index in [0.717, 1.165) is 17.0 Å². The fraction of sp³-hybridized carbons (Fsp3) is 0.304. The van der Waals surface area contributed by atoms with Crippen molar-refractivity contribution in [3.05, 3.63) is 82.4 Å². The molecule has 7 nitrogen and oxygen atoms in total. The molecule has 2 N–H and O–H groups in total. The van der Waals surface area contributed by atoms with Crippen LogP contribution in [0.1, 0.15) is 34.5 Å². The zero-order valence-corrected chi connectivity index (χ0v) is 19.2. The first-order valence-corrected chi connectivity index (χ1v) is 11.7. The van der Waals surface area contributed by atoms with Crippen LogP contribution in [0.15, 0.2) is 53.4 Å². The molecule has 1 heterocycles. The van der Waals surface area contributed by atoms with Gasteiger partial charge in [0.1, 0.15) is 5.82 Å². The van der Waals surface area contributed by atoms with Crippen molar-refractivity contribution in [2.45, 2.75) is 44.7 Å². The van der Waals surface area contributed by atoms with Crippen LogP contribution in [0.5, 0.6) is 0 Å². The second kappa shape index (κ2) is 10.1. The maximum absolute atomic E-state index is 13.3. The average molecular weight is 459 g/mol. The van der Waals surface area contributed by atoms with Crippen LogP contribution in [0.25, 0.3) is 0 Å². The first-order chi connectivity index (χ1) is 15.2. The largest absolute Gasteiger partial charge is 0.352 e. The van der Waals surface area contributed by atoms with E-state index in [1.807, 2.05) is 20.9 Å². The van der Waals surface area contributed by atoms with Crippen molar-refractivity contribution in [1.82, 2.24) is 19.8 Å². The normalized spacial score (nSPS) is 11.5. The molecule has 2 aromatic carbocycles. The van der Waals surface area contributed by atoms with E-state index in [1.165, 1.54) is 30.3 Å². The number of aryl methyl sites for hydroxylation is 2. The molecule has 1 amide bonds. The van der Waals surface area contributed by atoms with Crippen molar-refractivity contribution in [3.63, 3.8) is 0 Å². The molecule has 0 aliphatic rings. The Bertz CT molecular complexity index is 1220. The summed E-state index contributed by atoms with van der Waals surface area (Å²) in [5, 5.41) is 7.19. The summed E-state index contributed by atoms with van der Waals surface area (Å²) in [5.74, 6) is -0.543. The predicted octanol–water partition coefficient (Wildman–Crippen LogP) is 2.90. The maximum atomic E-state index is 13.3. The zero-order chi connectivity index (χ0) is 23.3. The Morgan fingerprint density at radius 2 is 1.75 bits per heavy atom. The van der Waals surface area contributed by atoms with E-state index in [-0.39, 0.29) is 23.9 Å². The van der Waals surface area contributed by atoms with Gasteiger partial charge in [-0.25, -0.2) is 17.5 Å². The van der Waals surface area contributed by atoms with Gasteiger partial charge < -0.3 is 5.32 Å². The minimum absolute atomic E-state index is 0.0196. The van der Waals surface area contributed by atoms with E-state index in [2.05, 4.69) is 15.1 Å². The Morgan fingerprint density at radius 1 is 1.06 bits per heavy atom. The van der Waals surface area contributed by atoms with Crippen LogP contribution in [-0.4, -0.2) is 24.1 Å². The van der Waals surface area contributed by atoms with Crippen molar-refractivity contribution < 1.29 is 17.6 Å². The molecule has 0 aliphatic heterocycles. The highest BCUT2D eigenvalue weighted by atomic mass is 32.2. The molecular formula is C23H27FN4O3S. The lowest BCUT2D eigenvalue weighted by atomic mass is 10.1. The Hall–Kier alpha value is -3.04. The van der Waals surface area contributed by atoms with Crippen molar-refractivity contribution in [2.75, 3.05) is 0 Å². The number of nitrogens with zero attached hydrogens (tertiary/aromatic N) is 2. The highest BCUT2D eigenvalue weighted by Crippen LogP contribution is 2.15. The fourth-order valence-electron chi connectivity index (χ4n) is 3.44. The molecule has 0 saturated heterocycles. The predicted molar refractivity (Wildman–Crippen MR) is 120 cm³/mol. The Morgan fingerprint density at radius 3 is 2.41 bits per heavy atom. The van der Waals surface area contributed by atoms with Crippen LogP contribution >= 0.6 is 0 Å². The van der Waals surface area contributed by atoms with E-state index in [9.17, 15) is 17.6 Å². The van der Waals surface area contributed by atoms with Gasteiger partial charge in [-0.3, -0.25) is 9.48 Å². The van der Waals surface area contributed by atoms with Gasteiger partial charge in [-0.1, -0.05) is 24.3 Å². The lowest BCUT2D eigenvalue weighted by molar-refractivity contribution is -0.121. The molecule has 0 atom stereocenters. The van der Waals surface area contributed by atoms with Gasteiger partial charge in [-0.2, -0.15) is 5.10 Å². The number of carbonyl (C=O) groups excluding carboxylic acids is 1. The number of aromatic nitrogens is 2. The minimum atomic E-state index is -3.78. The topological polar surface area (TPSA) is 93.1 Å². The SMILES string of the molecule is Cc1nn(C)c(C)c1CCC(=O)NCc1cccc(S(=O)(=O)NCc2cccc(F)c2)c1. The van der Waals surface area contributed by atoms with Crippen molar-refractivity contribution in [2.24, 2.45) is 7.05 Å². The van der Waals surface area contributed by atoms with Crippen LogP contribution in [-0.2, 0) is 41.4 Å². The van der Waals surface area contributed by atoms with Gasteiger partial charge in [0, 0.05) is 32.3 Å². The van der Waals surface area contributed by atoms with E-state index < -0.39 is 15.8 Å². The van der Waals surface area contributed by atoms with E-state index in [4.69, 9.17) is 0 Å². The Balaban J connectivity index is 1.56. The minimum Gasteiger partial charge on any atom is -0.352 e. The summed E-state index contributed by atoms with van der Waals surface area (Å²) in [7, 11) is -1.91. The zero-order valence-electron chi connectivity index (χ0n) is 18.4. The second-order valence-corrected chi connectivity index (χ2v) is 9.42. The molecular weight excluding hydrogens is 431 g/mol. The molecule has 0 unspecified atom stereocenters. The molecule has 9 heteroatoms. The Kier molecular flexibility index (Phi) is 7.42. The Labute approximate surface area is 187 Å². The van der Waals surface area contributed by atoms with Crippen LogP contribution in [0, 0.1) is 19.7 Å². The first-order valence-electron chi connectivity index (χ1n) is 10.2. The number of hydrogen-bond donors (Lipinski definition) is 2. The average Bonchev–Trinajstić information content (AvgIpc) is 3.00. The van der Waals surface area contributed by atoms with Gasteiger partial charge >= 0.3 is 0 Å². The molecule has 0 saturated carbocycles. The lowest BCUT2D eigenvalue weighted by Crippen LogP contribution is -2.25. The van der Waals surface area contributed by atoms with Crippen LogP contribution in [0.4, 0.5) is 4.39 Å². The summed E-state index contributed by atoms with van der Waals surface area (Å²) in [4.78, 5) is 12.4. The summed E-state index contributed by atoms with van der Waals surface area (Å²) < 4.78 is 42.8. The second-order valence-electron chi connectivity index (χ2n) is 7.65. The molecule has 0 aliphatic carbocycles. The molecule has 32 heavy (non-hydrogen) atoms. The van der Waals surface area contributed by atoms with E-state index in [0.29, 0.717) is 24.0 Å². The third-order valence-electron chi connectivity index (χ3n) is 5.31. The summed E-state index contributed by atoms with van der Waals surface area (Å²) in [5.41, 5.74) is 4.22.